The van der Waals surface area contributed by atoms with Crippen LogP contribution in [0, 0.1) is 6.92 Å². The van der Waals surface area contributed by atoms with E-state index in [0.717, 1.165) is 28.7 Å². The van der Waals surface area contributed by atoms with E-state index < -0.39 is 0 Å². The van der Waals surface area contributed by atoms with E-state index in [2.05, 4.69) is 0 Å². The molecular weight excluding hydrogens is 276 g/mol. The maximum atomic E-state index is 11.3. The third-order valence-electron chi connectivity index (χ3n) is 3.26. The summed E-state index contributed by atoms with van der Waals surface area (Å²) in [5.74, 6) is 1.19. The Bertz CT molecular complexity index is 633. The van der Waals surface area contributed by atoms with Crippen LogP contribution >= 0.6 is 11.6 Å². The van der Waals surface area contributed by atoms with E-state index in [-0.39, 0.29) is 0 Å². The van der Waals surface area contributed by atoms with Crippen LogP contribution in [0.2, 0.25) is 5.02 Å². The lowest BCUT2D eigenvalue weighted by Crippen LogP contribution is -1.97. The number of carbonyl (C=O) groups is 1. The van der Waals surface area contributed by atoms with Crippen molar-refractivity contribution in [1.82, 2.24) is 0 Å². The zero-order valence-electron chi connectivity index (χ0n) is 11.6. The van der Waals surface area contributed by atoms with Gasteiger partial charge in [0.25, 0.3) is 0 Å². The zero-order chi connectivity index (χ0) is 14.7. The third-order valence-corrected chi connectivity index (χ3v) is 3.54. The second-order valence-electron chi connectivity index (χ2n) is 4.32. The van der Waals surface area contributed by atoms with E-state index in [0.29, 0.717) is 16.3 Å². The van der Waals surface area contributed by atoms with Crippen LogP contribution in [0.25, 0.3) is 11.1 Å². The van der Waals surface area contributed by atoms with Gasteiger partial charge in [-0.2, -0.15) is 0 Å². The summed E-state index contributed by atoms with van der Waals surface area (Å²) in [5, 5.41) is 0.422. The normalized spacial score (nSPS) is 10.2. The minimum Gasteiger partial charge on any atom is -0.497 e. The summed E-state index contributed by atoms with van der Waals surface area (Å²) in [7, 11) is 3.12. The fourth-order valence-electron chi connectivity index (χ4n) is 2.16. The number of ether oxygens (including phenoxy) is 2. The lowest BCUT2D eigenvalue weighted by atomic mass is 9.96. The van der Waals surface area contributed by atoms with Gasteiger partial charge in [0.2, 0.25) is 0 Å². The molecule has 0 unspecified atom stereocenters. The molecule has 104 valence electrons. The van der Waals surface area contributed by atoms with Gasteiger partial charge in [-0.1, -0.05) is 23.7 Å². The molecule has 0 radical (unpaired) electrons. The predicted molar refractivity (Wildman–Crippen MR) is 80.1 cm³/mol. The van der Waals surface area contributed by atoms with E-state index in [1.807, 2.05) is 37.3 Å². The van der Waals surface area contributed by atoms with Crippen molar-refractivity contribution in [3.8, 4) is 22.6 Å². The molecule has 3 nitrogen and oxygen atoms in total. The van der Waals surface area contributed by atoms with Crippen molar-refractivity contribution in [3.63, 3.8) is 0 Å². The highest BCUT2D eigenvalue weighted by molar-refractivity contribution is 6.33. The van der Waals surface area contributed by atoms with Crippen LogP contribution in [0.1, 0.15) is 15.9 Å². The largest absolute Gasteiger partial charge is 0.497 e. The molecule has 0 aliphatic rings. The second-order valence-corrected chi connectivity index (χ2v) is 4.73. The Labute approximate surface area is 123 Å². The summed E-state index contributed by atoms with van der Waals surface area (Å²) < 4.78 is 10.3. The molecule has 0 spiro atoms. The van der Waals surface area contributed by atoms with E-state index in [1.54, 1.807) is 7.11 Å². The highest BCUT2D eigenvalue weighted by Gasteiger charge is 2.15. The molecule has 2 aromatic carbocycles. The van der Waals surface area contributed by atoms with E-state index >= 15 is 0 Å². The Hall–Kier alpha value is -2.00. The predicted octanol–water partition coefficient (Wildman–Crippen LogP) is 4.15. The minimum absolute atomic E-state index is 0.413. The van der Waals surface area contributed by atoms with Crippen molar-refractivity contribution >= 4 is 17.9 Å². The Morgan fingerprint density at radius 2 is 1.75 bits per heavy atom. The van der Waals surface area contributed by atoms with Gasteiger partial charge in [0.05, 0.1) is 24.8 Å². The molecular formula is C16H15ClO3. The lowest BCUT2D eigenvalue weighted by Gasteiger charge is -2.14. The number of rotatable bonds is 4. The van der Waals surface area contributed by atoms with Crippen molar-refractivity contribution in [2.45, 2.75) is 6.92 Å². The highest BCUT2D eigenvalue weighted by atomic mass is 35.5. The summed E-state index contributed by atoms with van der Waals surface area (Å²) in [6.07, 6.45) is 0.771. The smallest absolute Gasteiger partial charge is 0.154 e. The molecule has 0 aliphatic carbocycles. The number of hydrogen-bond donors (Lipinski definition) is 0. The number of halogens is 1. The topological polar surface area (TPSA) is 35.5 Å². The Balaban J connectivity index is 2.62. The molecule has 0 N–H and O–H groups in total. The molecule has 0 heterocycles. The van der Waals surface area contributed by atoms with Crippen molar-refractivity contribution in [3.05, 3.63) is 46.5 Å². The van der Waals surface area contributed by atoms with Crippen LogP contribution in [0.15, 0.2) is 30.3 Å². The number of carbonyl (C=O) groups excluding carboxylic acids is 1. The van der Waals surface area contributed by atoms with Gasteiger partial charge in [0.1, 0.15) is 11.5 Å². The van der Waals surface area contributed by atoms with Gasteiger partial charge in [0, 0.05) is 0 Å². The summed E-state index contributed by atoms with van der Waals surface area (Å²) in [5.41, 5.74) is 3.19. The van der Waals surface area contributed by atoms with E-state index in [4.69, 9.17) is 21.1 Å². The first kappa shape index (κ1) is 14.4. The summed E-state index contributed by atoms with van der Waals surface area (Å²) in [6.45, 7) is 1.88. The first-order valence-electron chi connectivity index (χ1n) is 6.09. The minimum atomic E-state index is 0.413. The van der Waals surface area contributed by atoms with Crippen molar-refractivity contribution in [2.75, 3.05) is 14.2 Å². The van der Waals surface area contributed by atoms with Gasteiger partial charge in [-0.25, -0.2) is 0 Å². The van der Waals surface area contributed by atoms with Gasteiger partial charge in [0.15, 0.2) is 6.29 Å². The molecule has 0 fully saturated rings. The Morgan fingerprint density at radius 1 is 1.10 bits per heavy atom. The van der Waals surface area contributed by atoms with Crippen molar-refractivity contribution in [1.29, 1.82) is 0 Å². The van der Waals surface area contributed by atoms with Gasteiger partial charge < -0.3 is 9.47 Å². The van der Waals surface area contributed by atoms with Crippen LogP contribution in [0.4, 0.5) is 0 Å². The van der Waals surface area contributed by atoms with Crippen molar-refractivity contribution < 1.29 is 14.3 Å². The fourth-order valence-corrected chi connectivity index (χ4v) is 2.45. The van der Waals surface area contributed by atoms with E-state index in [1.165, 1.54) is 7.11 Å². The monoisotopic (exact) mass is 290 g/mol. The average Bonchev–Trinajstić information content (AvgIpc) is 2.48. The summed E-state index contributed by atoms with van der Waals surface area (Å²) >= 11 is 6.19. The molecule has 0 aliphatic heterocycles. The van der Waals surface area contributed by atoms with Gasteiger partial charge in [-0.15, -0.1) is 0 Å². The van der Waals surface area contributed by atoms with Crippen molar-refractivity contribution in [2.24, 2.45) is 0 Å². The molecule has 0 aromatic heterocycles. The van der Waals surface area contributed by atoms with Crippen LogP contribution in [-0.2, 0) is 0 Å². The van der Waals surface area contributed by atoms with Crippen LogP contribution in [0.5, 0.6) is 11.5 Å². The molecule has 0 saturated carbocycles. The van der Waals surface area contributed by atoms with Gasteiger partial charge in [-0.3, -0.25) is 4.79 Å². The van der Waals surface area contributed by atoms with Crippen LogP contribution in [0.3, 0.4) is 0 Å². The molecule has 0 bridgehead atoms. The van der Waals surface area contributed by atoms with Gasteiger partial charge >= 0.3 is 0 Å². The highest BCUT2D eigenvalue weighted by Crippen LogP contribution is 2.37. The number of aldehydes is 1. The van der Waals surface area contributed by atoms with Crippen LogP contribution < -0.4 is 9.47 Å². The first-order chi connectivity index (χ1) is 9.62. The maximum Gasteiger partial charge on any atom is 0.154 e. The summed E-state index contributed by atoms with van der Waals surface area (Å²) in [6, 6.07) is 9.41. The van der Waals surface area contributed by atoms with Crippen LogP contribution in [-0.4, -0.2) is 20.5 Å². The molecule has 2 aromatic rings. The maximum absolute atomic E-state index is 11.3. The molecule has 2 rings (SSSR count). The molecule has 0 saturated heterocycles. The fraction of sp³-hybridized carbons (Fsp3) is 0.188. The quantitative estimate of drug-likeness (QED) is 0.794. The summed E-state index contributed by atoms with van der Waals surface area (Å²) in [4.78, 5) is 11.3. The second kappa shape index (κ2) is 5.97. The first-order valence-corrected chi connectivity index (χ1v) is 6.46. The third kappa shape index (κ3) is 2.49. The standard InChI is InChI=1S/C16H15ClO3/c1-10-13(11-4-6-12(19-2)7-5-11)8-15(17)16(20-3)14(10)9-18/h4-9H,1-3H3. The zero-order valence-corrected chi connectivity index (χ0v) is 12.3. The molecule has 20 heavy (non-hydrogen) atoms. The lowest BCUT2D eigenvalue weighted by molar-refractivity contribution is 0.112. The number of hydrogen-bond acceptors (Lipinski definition) is 3. The Kier molecular flexibility index (Phi) is 4.30. The molecule has 4 heteroatoms. The van der Waals surface area contributed by atoms with Gasteiger partial charge in [-0.05, 0) is 41.8 Å². The molecule has 0 atom stereocenters. The number of methoxy groups -OCH3 is 2. The SMILES string of the molecule is COc1ccc(-c2cc(Cl)c(OC)c(C=O)c2C)cc1. The average molecular weight is 291 g/mol. The Morgan fingerprint density at radius 3 is 2.25 bits per heavy atom. The van der Waals surface area contributed by atoms with E-state index in [9.17, 15) is 4.79 Å². The molecule has 0 amide bonds. The number of benzene rings is 2.